The van der Waals surface area contributed by atoms with Crippen molar-refractivity contribution in [3.63, 3.8) is 0 Å². The van der Waals surface area contributed by atoms with Crippen molar-refractivity contribution in [1.82, 2.24) is 5.32 Å². The van der Waals surface area contributed by atoms with Crippen LogP contribution in [0.15, 0.2) is 30.3 Å². The zero-order valence-corrected chi connectivity index (χ0v) is 19.9. The second kappa shape index (κ2) is 17.1. The normalized spacial score (nSPS) is 15.3. The third-order valence-corrected chi connectivity index (χ3v) is 5.61. The molecule has 3 N–H and O–H groups in total. The van der Waals surface area contributed by atoms with Crippen LogP contribution < -0.4 is 5.32 Å². The molecule has 1 aromatic rings. The summed E-state index contributed by atoms with van der Waals surface area (Å²) in [6.07, 6.45) is 13.7. The van der Waals surface area contributed by atoms with E-state index in [-0.39, 0.29) is 17.9 Å². The molecule has 0 aliphatic heterocycles. The maximum absolute atomic E-state index is 10.1. The van der Waals surface area contributed by atoms with Crippen LogP contribution in [-0.2, 0) is 5.54 Å². The van der Waals surface area contributed by atoms with Gasteiger partial charge in [-0.2, -0.15) is 0 Å². The standard InChI is InChI=1S/C25H45NO2.ClH/c1-4-5-6-7-8-9-10-11-12-16-19-26-25(20-22(2)27,21-23(3)28)24-17-14-13-15-18-24;/h13-15,17-18,22-23,26-28H,4-12,16,19-21H2,1-3H3;1H. The van der Waals surface area contributed by atoms with E-state index in [9.17, 15) is 10.2 Å². The van der Waals surface area contributed by atoms with Crippen LogP contribution in [0, 0.1) is 0 Å². The van der Waals surface area contributed by atoms with Crippen LogP contribution >= 0.6 is 12.4 Å². The van der Waals surface area contributed by atoms with Crippen LogP contribution in [0.3, 0.4) is 0 Å². The predicted molar refractivity (Wildman–Crippen MR) is 128 cm³/mol. The summed E-state index contributed by atoms with van der Waals surface area (Å²) in [5.74, 6) is 0. The lowest BCUT2D eigenvalue weighted by Gasteiger charge is -2.38. The molecule has 2 atom stereocenters. The van der Waals surface area contributed by atoms with Crippen molar-refractivity contribution in [3.05, 3.63) is 35.9 Å². The van der Waals surface area contributed by atoms with Gasteiger partial charge in [-0.15, -0.1) is 12.4 Å². The van der Waals surface area contributed by atoms with Gasteiger partial charge in [0.25, 0.3) is 0 Å². The Hall–Kier alpha value is -0.610. The maximum Gasteiger partial charge on any atom is 0.0533 e. The fraction of sp³-hybridized carbons (Fsp3) is 0.760. The monoisotopic (exact) mass is 427 g/mol. The van der Waals surface area contributed by atoms with Crippen LogP contribution in [0.4, 0.5) is 0 Å². The number of hydrogen-bond donors (Lipinski definition) is 3. The topological polar surface area (TPSA) is 52.5 Å². The molecule has 0 aliphatic rings. The molecular weight excluding hydrogens is 382 g/mol. The third-order valence-electron chi connectivity index (χ3n) is 5.61. The molecule has 4 heteroatoms. The molecule has 0 fully saturated rings. The van der Waals surface area contributed by atoms with Gasteiger partial charge in [0.15, 0.2) is 0 Å². The molecule has 0 radical (unpaired) electrons. The van der Waals surface area contributed by atoms with Gasteiger partial charge in [-0.05, 0) is 45.2 Å². The van der Waals surface area contributed by atoms with Gasteiger partial charge in [0.05, 0.1) is 12.2 Å². The summed E-state index contributed by atoms with van der Waals surface area (Å²) in [4.78, 5) is 0. The Bertz CT molecular complexity index is 469. The second-order valence-electron chi connectivity index (χ2n) is 8.66. The Morgan fingerprint density at radius 1 is 0.759 bits per heavy atom. The van der Waals surface area contributed by atoms with E-state index in [1.165, 1.54) is 57.8 Å². The highest BCUT2D eigenvalue weighted by Crippen LogP contribution is 2.32. The summed E-state index contributed by atoms with van der Waals surface area (Å²) in [5, 5.41) is 24.0. The zero-order chi connectivity index (χ0) is 20.7. The van der Waals surface area contributed by atoms with Crippen molar-refractivity contribution >= 4 is 12.4 Å². The van der Waals surface area contributed by atoms with Crippen molar-refractivity contribution in [2.24, 2.45) is 0 Å². The van der Waals surface area contributed by atoms with Crippen molar-refractivity contribution in [1.29, 1.82) is 0 Å². The molecule has 0 amide bonds. The molecule has 170 valence electrons. The lowest BCUT2D eigenvalue weighted by molar-refractivity contribution is 0.0835. The largest absolute Gasteiger partial charge is 0.393 e. The molecule has 29 heavy (non-hydrogen) atoms. The van der Waals surface area contributed by atoms with E-state index >= 15 is 0 Å². The Morgan fingerprint density at radius 3 is 1.66 bits per heavy atom. The maximum atomic E-state index is 10.1. The van der Waals surface area contributed by atoms with Gasteiger partial charge in [0.2, 0.25) is 0 Å². The van der Waals surface area contributed by atoms with E-state index in [0.717, 1.165) is 18.5 Å². The number of rotatable bonds is 17. The number of nitrogens with one attached hydrogen (secondary N) is 1. The number of unbranched alkanes of at least 4 members (excludes halogenated alkanes) is 9. The summed E-state index contributed by atoms with van der Waals surface area (Å²) < 4.78 is 0. The Kier molecular flexibility index (Phi) is 16.7. The minimum Gasteiger partial charge on any atom is -0.393 e. The second-order valence-corrected chi connectivity index (χ2v) is 8.66. The first-order valence-corrected chi connectivity index (χ1v) is 11.7. The molecule has 0 aromatic heterocycles. The first kappa shape index (κ1) is 28.4. The molecule has 0 heterocycles. The summed E-state index contributed by atoms with van der Waals surface area (Å²) in [6.45, 7) is 6.86. The number of benzene rings is 1. The van der Waals surface area contributed by atoms with E-state index in [1.807, 2.05) is 32.0 Å². The number of halogens is 1. The van der Waals surface area contributed by atoms with Crippen molar-refractivity contribution in [3.8, 4) is 0 Å². The summed E-state index contributed by atoms with van der Waals surface area (Å²) in [7, 11) is 0. The van der Waals surface area contributed by atoms with Crippen LogP contribution in [0.25, 0.3) is 0 Å². The average Bonchev–Trinajstić information content (AvgIpc) is 2.65. The molecule has 0 spiro atoms. The van der Waals surface area contributed by atoms with Crippen molar-refractivity contribution in [2.75, 3.05) is 6.54 Å². The van der Waals surface area contributed by atoms with Gasteiger partial charge < -0.3 is 15.5 Å². The predicted octanol–water partition coefficient (Wildman–Crippen LogP) is 6.36. The van der Waals surface area contributed by atoms with Gasteiger partial charge in [0.1, 0.15) is 0 Å². The van der Waals surface area contributed by atoms with Gasteiger partial charge in [-0.25, -0.2) is 0 Å². The Balaban J connectivity index is 0.00000784. The lowest BCUT2D eigenvalue weighted by atomic mass is 9.80. The van der Waals surface area contributed by atoms with Crippen LogP contribution in [0.5, 0.6) is 0 Å². The van der Waals surface area contributed by atoms with E-state index in [4.69, 9.17) is 0 Å². The molecular formula is C25H46ClNO2. The van der Waals surface area contributed by atoms with Gasteiger partial charge in [-0.1, -0.05) is 95.0 Å². The van der Waals surface area contributed by atoms with Gasteiger partial charge in [0, 0.05) is 5.54 Å². The van der Waals surface area contributed by atoms with Crippen molar-refractivity contribution < 1.29 is 10.2 Å². The highest BCUT2D eigenvalue weighted by molar-refractivity contribution is 5.85. The molecule has 3 nitrogen and oxygen atoms in total. The highest BCUT2D eigenvalue weighted by atomic mass is 35.5. The summed E-state index contributed by atoms with van der Waals surface area (Å²) in [5.41, 5.74) is 0.784. The SMILES string of the molecule is CCCCCCCCCCCCNC(CC(C)O)(CC(C)O)c1ccccc1.Cl. The van der Waals surface area contributed by atoms with Crippen LogP contribution in [0.1, 0.15) is 103 Å². The number of aliphatic hydroxyl groups is 2. The quantitative estimate of drug-likeness (QED) is 0.253. The zero-order valence-electron chi connectivity index (χ0n) is 19.0. The minimum absolute atomic E-state index is 0. The minimum atomic E-state index is -0.417. The lowest BCUT2D eigenvalue weighted by Crippen LogP contribution is -2.47. The number of hydrogen-bond acceptors (Lipinski definition) is 3. The smallest absolute Gasteiger partial charge is 0.0533 e. The molecule has 0 aliphatic carbocycles. The Labute approximate surface area is 186 Å². The highest BCUT2D eigenvalue weighted by Gasteiger charge is 2.34. The third kappa shape index (κ3) is 12.6. The fourth-order valence-electron chi connectivity index (χ4n) is 4.27. The molecule has 0 saturated heterocycles. The molecule has 1 rings (SSSR count). The summed E-state index contributed by atoms with van der Waals surface area (Å²) >= 11 is 0. The van der Waals surface area contributed by atoms with E-state index in [1.54, 1.807) is 0 Å². The first-order chi connectivity index (χ1) is 13.5. The van der Waals surface area contributed by atoms with Crippen LogP contribution in [0.2, 0.25) is 0 Å². The van der Waals surface area contributed by atoms with Gasteiger partial charge >= 0.3 is 0 Å². The van der Waals surface area contributed by atoms with E-state index < -0.39 is 12.2 Å². The summed E-state index contributed by atoms with van der Waals surface area (Å²) in [6, 6.07) is 10.3. The van der Waals surface area contributed by atoms with E-state index in [2.05, 4.69) is 24.4 Å². The van der Waals surface area contributed by atoms with E-state index in [0.29, 0.717) is 12.8 Å². The average molecular weight is 428 g/mol. The molecule has 1 aromatic carbocycles. The first-order valence-electron chi connectivity index (χ1n) is 11.7. The van der Waals surface area contributed by atoms with Crippen molar-refractivity contribution in [2.45, 2.75) is 116 Å². The molecule has 0 saturated carbocycles. The fourth-order valence-corrected chi connectivity index (χ4v) is 4.27. The van der Waals surface area contributed by atoms with Crippen LogP contribution in [-0.4, -0.2) is 29.0 Å². The molecule has 0 bridgehead atoms. The van der Waals surface area contributed by atoms with Gasteiger partial charge in [-0.3, -0.25) is 0 Å². The number of aliphatic hydroxyl groups excluding tert-OH is 2. The molecule has 2 unspecified atom stereocenters. The Morgan fingerprint density at radius 2 is 1.21 bits per heavy atom.